The fourth-order valence-corrected chi connectivity index (χ4v) is 3.71. The van der Waals surface area contributed by atoms with Gasteiger partial charge in [-0.3, -0.25) is 0 Å². The average molecular weight is 319 g/mol. The van der Waals surface area contributed by atoms with Crippen LogP contribution in [0.4, 0.5) is 5.69 Å². The van der Waals surface area contributed by atoms with Gasteiger partial charge < -0.3 is 4.74 Å². The number of ether oxygens (including phenoxy) is 1. The van der Waals surface area contributed by atoms with E-state index in [4.69, 9.17) is 4.74 Å². The van der Waals surface area contributed by atoms with E-state index in [0.29, 0.717) is 11.6 Å². The minimum Gasteiger partial charge on any atom is -0.493 e. The van der Waals surface area contributed by atoms with Crippen molar-refractivity contribution in [2.45, 2.75) is 38.5 Å². The van der Waals surface area contributed by atoms with Crippen molar-refractivity contribution >= 4 is 11.8 Å². The molecule has 0 saturated heterocycles. The van der Waals surface area contributed by atoms with E-state index in [-0.39, 0.29) is 0 Å². The Balaban J connectivity index is 1.95. The zero-order valence-corrected chi connectivity index (χ0v) is 14.0. The van der Waals surface area contributed by atoms with Crippen molar-refractivity contribution in [1.29, 1.82) is 0 Å². The van der Waals surface area contributed by atoms with Gasteiger partial charge >= 0.3 is 0 Å². The predicted octanol–water partition coefficient (Wildman–Crippen LogP) is 5.91. The first-order chi connectivity index (χ1) is 11.7. The molecule has 24 heavy (non-hydrogen) atoms. The molecule has 2 aliphatic rings. The number of nitrogens with zero attached hydrogens (tertiary/aromatic N) is 1. The molecule has 0 radical (unpaired) electrons. The third-order valence-corrected chi connectivity index (χ3v) is 5.16. The molecule has 2 aromatic rings. The maximum atomic E-state index is 11.2. The molecule has 0 atom stereocenters. The van der Waals surface area contributed by atoms with E-state index in [0.717, 1.165) is 36.3 Å². The molecule has 2 aromatic carbocycles. The van der Waals surface area contributed by atoms with E-state index in [1.807, 2.05) is 19.1 Å². The molecule has 1 aliphatic heterocycles. The zero-order valence-electron chi connectivity index (χ0n) is 14.0. The molecule has 0 spiro atoms. The van der Waals surface area contributed by atoms with Crippen LogP contribution in [-0.4, -0.2) is 6.61 Å². The molecule has 0 amide bonds. The van der Waals surface area contributed by atoms with Crippen LogP contribution in [0.25, 0.3) is 17.2 Å². The lowest BCUT2D eigenvalue weighted by Crippen LogP contribution is -2.08. The van der Waals surface area contributed by atoms with Gasteiger partial charge in [0.25, 0.3) is 0 Å². The second-order valence-corrected chi connectivity index (χ2v) is 6.74. The molecule has 0 unspecified atom stereocenters. The fourth-order valence-electron chi connectivity index (χ4n) is 3.71. The normalized spacial score (nSPS) is 16.2. The van der Waals surface area contributed by atoms with E-state index in [2.05, 4.69) is 30.0 Å². The van der Waals surface area contributed by atoms with E-state index in [9.17, 15) is 4.91 Å². The highest BCUT2D eigenvalue weighted by Crippen LogP contribution is 2.49. The first kappa shape index (κ1) is 15.1. The summed E-state index contributed by atoms with van der Waals surface area (Å²) in [5.74, 6) is 1.54. The van der Waals surface area contributed by atoms with Gasteiger partial charge in [-0.15, -0.1) is 4.91 Å². The molecular weight excluding hydrogens is 298 g/mol. The first-order valence-electron chi connectivity index (χ1n) is 8.62. The van der Waals surface area contributed by atoms with Crippen LogP contribution in [0.5, 0.6) is 5.75 Å². The maximum Gasteiger partial charge on any atom is 0.122 e. The van der Waals surface area contributed by atoms with Gasteiger partial charge in [-0.1, -0.05) is 18.7 Å². The Kier molecular flexibility index (Phi) is 3.72. The quantitative estimate of drug-likeness (QED) is 0.657. The smallest absolute Gasteiger partial charge is 0.122 e. The number of rotatable bonds is 4. The highest BCUT2D eigenvalue weighted by atomic mass is 16.5. The van der Waals surface area contributed by atoms with Crippen molar-refractivity contribution in [3.8, 4) is 16.9 Å². The minimum absolute atomic E-state index is 0.534. The van der Waals surface area contributed by atoms with Crippen LogP contribution in [0.2, 0.25) is 0 Å². The van der Waals surface area contributed by atoms with Crippen LogP contribution < -0.4 is 4.74 Å². The highest BCUT2D eigenvalue weighted by Gasteiger charge is 2.29. The van der Waals surface area contributed by atoms with Gasteiger partial charge in [0.2, 0.25) is 0 Å². The Hall–Kier alpha value is -2.42. The lowest BCUT2D eigenvalue weighted by Gasteiger charge is -2.21. The Morgan fingerprint density at radius 3 is 2.83 bits per heavy atom. The third-order valence-electron chi connectivity index (χ3n) is 5.16. The molecule has 1 saturated carbocycles. The molecule has 0 N–H and O–H groups in total. The number of aryl methyl sites for hydroxylation is 1. The topological polar surface area (TPSA) is 38.7 Å². The summed E-state index contributed by atoms with van der Waals surface area (Å²) in [5.41, 5.74) is 7.39. The summed E-state index contributed by atoms with van der Waals surface area (Å²) in [4.78, 5) is 11.2. The minimum atomic E-state index is 0.534. The van der Waals surface area contributed by atoms with Crippen LogP contribution in [0.3, 0.4) is 0 Å². The van der Waals surface area contributed by atoms with Gasteiger partial charge in [0.15, 0.2) is 0 Å². The van der Waals surface area contributed by atoms with Gasteiger partial charge in [-0.2, -0.15) is 0 Å². The standard InChI is InChI=1S/C21H21NO2/c1-3-17-13(2)19(22-23)12-18(14-6-7-14)21(17)16-8-9-20-15(11-16)5-4-10-24-20/h3,8-9,11-12,14H,1,4-7,10H2,2H3. The van der Waals surface area contributed by atoms with Crippen LogP contribution in [-0.2, 0) is 6.42 Å². The largest absolute Gasteiger partial charge is 0.493 e. The molecule has 1 fully saturated rings. The number of hydrogen-bond acceptors (Lipinski definition) is 3. The summed E-state index contributed by atoms with van der Waals surface area (Å²) in [6, 6.07) is 8.44. The van der Waals surface area contributed by atoms with Crippen molar-refractivity contribution in [3.05, 3.63) is 58.0 Å². The van der Waals surface area contributed by atoms with Crippen molar-refractivity contribution in [2.24, 2.45) is 5.18 Å². The highest BCUT2D eigenvalue weighted by molar-refractivity contribution is 5.84. The molecule has 0 bridgehead atoms. The Morgan fingerprint density at radius 1 is 1.29 bits per heavy atom. The monoisotopic (exact) mass is 319 g/mol. The summed E-state index contributed by atoms with van der Waals surface area (Å²) < 4.78 is 5.74. The van der Waals surface area contributed by atoms with Gasteiger partial charge in [0.05, 0.1) is 6.61 Å². The number of nitroso groups, excluding NO2 is 1. The molecule has 0 aromatic heterocycles. The Labute approximate surface area is 142 Å². The second kappa shape index (κ2) is 5.90. The third kappa shape index (κ3) is 2.44. The lowest BCUT2D eigenvalue weighted by atomic mass is 9.87. The van der Waals surface area contributed by atoms with E-state index < -0.39 is 0 Å². The van der Waals surface area contributed by atoms with Gasteiger partial charge in [0.1, 0.15) is 11.4 Å². The maximum absolute atomic E-state index is 11.2. The molecule has 4 rings (SSSR count). The first-order valence-corrected chi connectivity index (χ1v) is 8.62. The van der Waals surface area contributed by atoms with Crippen LogP contribution in [0.1, 0.15) is 47.4 Å². The summed E-state index contributed by atoms with van der Waals surface area (Å²) in [6.45, 7) is 6.75. The van der Waals surface area contributed by atoms with Crippen molar-refractivity contribution in [1.82, 2.24) is 0 Å². The number of hydrogen-bond donors (Lipinski definition) is 0. The summed E-state index contributed by atoms with van der Waals surface area (Å²) in [5, 5.41) is 3.24. The van der Waals surface area contributed by atoms with Gasteiger partial charge in [0, 0.05) is 0 Å². The summed E-state index contributed by atoms with van der Waals surface area (Å²) in [7, 11) is 0. The second-order valence-electron chi connectivity index (χ2n) is 6.74. The zero-order chi connectivity index (χ0) is 16.7. The summed E-state index contributed by atoms with van der Waals surface area (Å²) >= 11 is 0. The molecule has 1 aliphatic carbocycles. The van der Waals surface area contributed by atoms with E-state index in [1.165, 1.54) is 35.1 Å². The predicted molar refractivity (Wildman–Crippen MR) is 98.0 cm³/mol. The lowest BCUT2D eigenvalue weighted by molar-refractivity contribution is 0.288. The number of benzene rings is 2. The van der Waals surface area contributed by atoms with E-state index >= 15 is 0 Å². The number of fused-ring (bicyclic) bond motifs is 1. The fraction of sp³-hybridized carbons (Fsp3) is 0.333. The van der Waals surface area contributed by atoms with Crippen LogP contribution >= 0.6 is 0 Å². The Morgan fingerprint density at radius 2 is 2.12 bits per heavy atom. The van der Waals surface area contributed by atoms with Gasteiger partial charge in [-0.25, -0.2) is 0 Å². The average Bonchev–Trinajstić information content (AvgIpc) is 3.46. The van der Waals surface area contributed by atoms with Gasteiger partial charge in [-0.05, 0) is 95.3 Å². The van der Waals surface area contributed by atoms with Crippen LogP contribution in [0, 0.1) is 11.8 Å². The van der Waals surface area contributed by atoms with Crippen LogP contribution in [0.15, 0.2) is 36.0 Å². The van der Waals surface area contributed by atoms with Crippen molar-refractivity contribution in [2.75, 3.05) is 6.61 Å². The molecular formula is C21H21NO2. The molecule has 3 nitrogen and oxygen atoms in total. The molecule has 122 valence electrons. The van der Waals surface area contributed by atoms with Crippen molar-refractivity contribution in [3.63, 3.8) is 0 Å². The van der Waals surface area contributed by atoms with Crippen molar-refractivity contribution < 1.29 is 4.74 Å². The molecule has 3 heteroatoms. The Bertz CT molecular complexity index is 834. The van der Waals surface area contributed by atoms with E-state index in [1.54, 1.807) is 0 Å². The summed E-state index contributed by atoms with van der Waals surface area (Å²) in [6.07, 6.45) is 6.34. The SMILES string of the molecule is C=Cc1c(C)c(N=O)cc(C2CC2)c1-c1ccc2c(c1)CCCO2. The molecule has 1 heterocycles.